The van der Waals surface area contributed by atoms with Crippen molar-refractivity contribution in [1.82, 2.24) is 15.6 Å². The van der Waals surface area contributed by atoms with Crippen LogP contribution in [-0.2, 0) is 27.4 Å². The van der Waals surface area contributed by atoms with E-state index in [1.807, 2.05) is 30.3 Å². The van der Waals surface area contributed by atoms with Crippen molar-refractivity contribution in [2.75, 3.05) is 0 Å². The predicted molar refractivity (Wildman–Crippen MR) is 112 cm³/mol. The number of alkyl carbamates (subject to hydrolysis) is 1. The number of benzene rings is 1. The third-order valence-corrected chi connectivity index (χ3v) is 4.55. The summed E-state index contributed by atoms with van der Waals surface area (Å²) in [5.74, 6) is -1.49. The van der Waals surface area contributed by atoms with Crippen molar-refractivity contribution < 1.29 is 19.1 Å². The number of aromatic nitrogens is 1. The van der Waals surface area contributed by atoms with Gasteiger partial charge in [0.15, 0.2) is 0 Å². The number of carbonyl (C=O) groups excluding carboxylic acids is 3. The van der Waals surface area contributed by atoms with Gasteiger partial charge in [0.05, 0.1) is 0 Å². The molecular formula is C21H25ClN4O4. The summed E-state index contributed by atoms with van der Waals surface area (Å²) in [6, 6.07) is 10.6. The first kappa shape index (κ1) is 23.2. The molecule has 4 N–H and O–H groups in total. The standard InChI is InChI=1S/C21H25ClN4O4/c1-13(2)18(26-21(29)30-12-14-6-4-3-5-7-14)20(28)25-16(19(23)27)10-15-8-9-17(22)24-11-15/h3-9,11,13,16,18H,10,12H2,1-2H3,(H2,23,27)(H,25,28)(H,26,29)/t16-,18-/m1/s1. The van der Waals surface area contributed by atoms with Crippen molar-refractivity contribution >= 4 is 29.5 Å². The zero-order valence-electron chi connectivity index (χ0n) is 16.8. The molecular weight excluding hydrogens is 408 g/mol. The lowest BCUT2D eigenvalue weighted by molar-refractivity contribution is -0.129. The Balaban J connectivity index is 1.97. The number of hydrogen-bond donors (Lipinski definition) is 3. The highest BCUT2D eigenvalue weighted by atomic mass is 35.5. The summed E-state index contributed by atoms with van der Waals surface area (Å²) in [6.45, 7) is 3.61. The Kier molecular flexibility index (Phi) is 8.61. The van der Waals surface area contributed by atoms with Crippen LogP contribution in [-0.4, -0.2) is 35.0 Å². The third kappa shape index (κ3) is 7.36. The molecule has 9 heteroatoms. The number of amides is 3. The molecule has 0 aliphatic carbocycles. The van der Waals surface area contributed by atoms with Crippen LogP contribution in [0.3, 0.4) is 0 Å². The average Bonchev–Trinajstić information content (AvgIpc) is 2.71. The first-order valence-corrected chi connectivity index (χ1v) is 9.81. The van der Waals surface area contributed by atoms with Crippen LogP contribution in [0.1, 0.15) is 25.0 Å². The zero-order chi connectivity index (χ0) is 22.1. The van der Waals surface area contributed by atoms with Gasteiger partial charge in [0.2, 0.25) is 11.8 Å². The molecule has 160 valence electrons. The van der Waals surface area contributed by atoms with Crippen LogP contribution < -0.4 is 16.4 Å². The number of ether oxygens (including phenoxy) is 1. The number of halogens is 1. The van der Waals surface area contributed by atoms with Crippen LogP contribution in [0.4, 0.5) is 4.79 Å². The lowest BCUT2D eigenvalue weighted by Crippen LogP contribution is -2.55. The molecule has 0 fully saturated rings. The second kappa shape index (κ2) is 11.2. The SMILES string of the molecule is CC(C)[C@@H](NC(=O)OCc1ccccc1)C(=O)N[C@H](Cc1ccc(Cl)nc1)C(N)=O. The molecule has 3 amide bonds. The Morgan fingerprint density at radius 2 is 1.77 bits per heavy atom. The molecule has 1 aromatic heterocycles. The van der Waals surface area contributed by atoms with Gasteiger partial charge in [0.1, 0.15) is 23.8 Å². The van der Waals surface area contributed by atoms with Gasteiger partial charge in [-0.3, -0.25) is 9.59 Å². The molecule has 0 bridgehead atoms. The number of nitrogens with zero attached hydrogens (tertiary/aromatic N) is 1. The van der Waals surface area contributed by atoms with Crippen molar-refractivity contribution in [1.29, 1.82) is 0 Å². The molecule has 0 aliphatic heterocycles. The number of rotatable bonds is 9. The fraction of sp³-hybridized carbons (Fsp3) is 0.333. The van der Waals surface area contributed by atoms with E-state index in [1.54, 1.807) is 26.0 Å². The minimum Gasteiger partial charge on any atom is -0.445 e. The summed E-state index contributed by atoms with van der Waals surface area (Å²) in [6.07, 6.45) is 0.920. The number of nitrogens with two attached hydrogens (primary N) is 1. The molecule has 8 nitrogen and oxygen atoms in total. The van der Waals surface area contributed by atoms with E-state index in [0.717, 1.165) is 5.56 Å². The number of carbonyl (C=O) groups is 3. The number of pyridine rings is 1. The summed E-state index contributed by atoms with van der Waals surface area (Å²) in [5, 5.41) is 5.46. The van der Waals surface area contributed by atoms with E-state index in [0.29, 0.717) is 10.7 Å². The third-order valence-electron chi connectivity index (χ3n) is 4.32. The maximum atomic E-state index is 12.7. The van der Waals surface area contributed by atoms with Gasteiger partial charge in [-0.15, -0.1) is 0 Å². The molecule has 0 saturated heterocycles. The molecule has 0 spiro atoms. The number of nitrogens with one attached hydrogen (secondary N) is 2. The smallest absolute Gasteiger partial charge is 0.408 e. The van der Waals surface area contributed by atoms with E-state index in [-0.39, 0.29) is 18.9 Å². The lowest BCUT2D eigenvalue weighted by Gasteiger charge is -2.24. The van der Waals surface area contributed by atoms with Crippen molar-refractivity contribution in [3.63, 3.8) is 0 Å². The number of hydrogen-bond acceptors (Lipinski definition) is 5. The Labute approximate surface area is 180 Å². The molecule has 2 rings (SSSR count). The molecule has 0 unspecified atom stereocenters. The van der Waals surface area contributed by atoms with Crippen LogP contribution in [0.15, 0.2) is 48.7 Å². The van der Waals surface area contributed by atoms with E-state index in [1.165, 1.54) is 6.20 Å². The fourth-order valence-electron chi connectivity index (χ4n) is 2.67. The summed E-state index contributed by atoms with van der Waals surface area (Å²) in [4.78, 5) is 40.7. The van der Waals surface area contributed by atoms with E-state index >= 15 is 0 Å². The van der Waals surface area contributed by atoms with Crippen LogP contribution in [0.2, 0.25) is 5.15 Å². The lowest BCUT2D eigenvalue weighted by atomic mass is 10.0. The van der Waals surface area contributed by atoms with Gasteiger partial charge in [-0.1, -0.05) is 61.8 Å². The minimum absolute atomic E-state index is 0.0760. The quantitative estimate of drug-likeness (QED) is 0.524. The molecule has 1 aromatic carbocycles. The fourth-order valence-corrected chi connectivity index (χ4v) is 2.79. The van der Waals surface area contributed by atoms with Crippen molar-refractivity contribution in [2.45, 2.75) is 39.0 Å². The van der Waals surface area contributed by atoms with E-state index < -0.39 is 30.0 Å². The first-order chi connectivity index (χ1) is 14.3. The Morgan fingerprint density at radius 3 is 2.33 bits per heavy atom. The van der Waals surface area contributed by atoms with Crippen LogP contribution in [0.5, 0.6) is 0 Å². The van der Waals surface area contributed by atoms with Gasteiger partial charge in [0.25, 0.3) is 0 Å². The average molecular weight is 433 g/mol. The van der Waals surface area contributed by atoms with Gasteiger partial charge in [0, 0.05) is 12.6 Å². The van der Waals surface area contributed by atoms with Gasteiger partial charge in [-0.25, -0.2) is 9.78 Å². The minimum atomic E-state index is -0.969. The van der Waals surface area contributed by atoms with Gasteiger partial charge in [-0.2, -0.15) is 0 Å². The predicted octanol–water partition coefficient (Wildman–Crippen LogP) is 2.20. The highest BCUT2D eigenvalue weighted by molar-refractivity contribution is 6.29. The Hall–Kier alpha value is -3.13. The van der Waals surface area contributed by atoms with Crippen LogP contribution >= 0.6 is 11.6 Å². The Morgan fingerprint density at radius 1 is 1.07 bits per heavy atom. The number of primary amides is 1. The topological polar surface area (TPSA) is 123 Å². The summed E-state index contributed by atoms with van der Waals surface area (Å²) < 4.78 is 5.18. The molecule has 0 saturated carbocycles. The summed E-state index contributed by atoms with van der Waals surface area (Å²) in [7, 11) is 0. The maximum absolute atomic E-state index is 12.7. The highest BCUT2D eigenvalue weighted by Gasteiger charge is 2.28. The van der Waals surface area contributed by atoms with E-state index in [4.69, 9.17) is 22.1 Å². The zero-order valence-corrected chi connectivity index (χ0v) is 17.6. The first-order valence-electron chi connectivity index (χ1n) is 9.43. The van der Waals surface area contributed by atoms with Crippen molar-refractivity contribution in [2.24, 2.45) is 11.7 Å². The largest absolute Gasteiger partial charge is 0.445 e. The summed E-state index contributed by atoms with van der Waals surface area (Å²) >= 11 is 5.76. The normalized spacial score (nSPS) is 12.7. The molecule has 0 aliphatic rings. The second-order valence-electron chi connectivity index (χ2n) is 7.08. The molecule has 0 radical (unpaired) electrons. The maximum Gasteiger partial charge on any atom is 0.408 e. The van der Waals surface area contributed by atoms with Gasteiger partial charge < -0.3 is 21.1 Å². The molecule has 2 aromatic rings. The van der Waals surface area contributed by atoms with E-state index in [2.05, 4.69) is 15.6 Å². The van der Waals surface area contributed by atoms with Crippen LogP contribution in [0, 0.1) is 5.92 Å². The summed E-state index contributed by atoms with van der Waals surface area (Å²) in [5.41, 5.74) is 6.94. The second-order valence-corrected chi connectivity index (χ2v) is 7.47. The Bertz CT molecular complexity index is 859. The van der Waals surface area contributed by atoms with Crippen LogP contribution in [0.25, 0.3) is 0 Å². The van der Waals surface area contributed by atoms with Crippen molar-refractivity contribution in [3.8, 4) is 0 Å². The monoisotopic (exact) mass is 432 g/mol. The highest BCUT2D eigenvalue weighted by Crippen LogP contribution is 2.09. The van der Waals surface area contributed by atoms with Gasteiger partial charge >= 0.3 is 6.09 Å². The molecule has 2 atom stereocenters. The molecule has 30 heavy (non-hydrogen) atoms. The van der Waals surface area contributed by atoms with Gasteiger partial charge in [-0.05, 0) is 23.1 Å². The van der Waals surface area contributed by atoms with E-state index in [9.17, 15) is 14.4 Å². The van der Waals surface area contributed by atoms with Crippen molar-refractivity contribution in [3.05, 3.63) is 64.9 Å². The molecule has 1 heterocycles.